The third-order valence-corrected chi connectivity index (χ3v) is 2.43. The molecule has 1 heterocycles. The molecule has 0 saturated heterocycles. The molecule has 0 N–H and O–H groups in total. The molecule has 0 atom stereocenters. The molecule has 1 nitrogen and oxygen atoms in total. The molecule has 16 heavy (non-hydrogen) atoms. The molecule has 0 bridgehead atoms. The maximum Gasteiger partial charge on any atom is 0.0404 e. The van der Waals surface area contributed by atoms with E-state index in [1.54, 1.807) is 0 Å². The highest BCUT2D eigenvalue weighted by Crippen LogP contribution is 2.07. The Morgan fingerprint density at radius 3 is 2.25 bits per heavy atom. The van der Waals surface area contributed by atoms with Crippen LogP contribution in [0.15, 0.2) is 18.3 Å². The first kappa shape index (κ1) is 12.3. The lowest BCUT2D eigenvalue weighted by atomic mass is 10.1. The van der Waals surface area contributed by atoms with Gasteiger partial charge in [0, 0.05) is 24.7 Å². The van der Waals surface area contributed by atoms with Gasteiger partial charge >= 0.3 is 0 Å². The van der Waals surface area contributed by atoms with E-state index in [4.69, 9.17) is 12.8 Å². The van der Waals surface area contributed by atoms with Crippen LogP contribution in [0.25, 0.3) is 0 Å². The van der Waals surface area contributed by atoms with Crippen molar-refractivity contribution in [2.45, 2.75) is 38.5 Å². The van der Waals surface area contributed by atoms with Gasteiger partial charge in [0.15, 0.2) is 0 Å². The van der Waals surface area contributed by atoms with Crippen molar-refractivity contribution in [3.63, 3.8) is 0 Å². The third-order valence-electron chi connectivity index (χ3n) is 2.43. The minimum absolute atomic E-state index is 0.825. The quantitative estimate of drug-likeness (QED) is 0.520. The van der Waals surface area contributed by atoms with Crippen molar-refractivity contribution in [1.82, 2.24) is 4.98 Å². The minimum atomic E-state index is 0.825. The highest BCUT2D eigenvalue weighted by atomic mass is 14.7. The van der Waals surface area contributed by atoms with Gasteiger partial charge in [0.2, 0.25) is 0 Å². The molecule has 0 aliphatic heterocycles. The van der Waals surface area contributed by atoms with Gasteiger partial charge in [-0.25, -0.2) is 0 Å². The molecule has 1 heteroatoms. The van der Waals surface area contributed by atoms with Crippen molar-refractivity contribution in [3.05, 3.63) is 29.6 Å². The van der Waals surface area contributed by atoms with Crippen molar-refractivity contribution < 1.29 is 0 Å². The first-order chi connectivity index (χ1) is 7.86. The second-order valence-electron chi connectivity index (χ2n) is 3.77. The van der Waals surface area contributed by atoms with E-state index in [0.29, 0.717) is 0 Å². The van der Waals surface area contributed by atoms with Crippen LogP contribution in [0.3, 0.4) is 0 Å². The molecule has 0 spiro atoms. The van der Waals surface area contributed by atoms with Crippen LogP contribution in [0.5, 0.6) is 0 Å². The molecule has 0 radical (unpaired) electrons. The summed E-state index contributed by atoms with van der Waals surface area (Å²) in [7, 11) is 0. The number of terminal acetylenes is 2. The maximum atomic E-state index is 5.20. The zero-order valence-corrected chi connectivity index (χ0v) is 9.58. The summed E-state index contributed by atoms with van der Waals surface area (Å²) in [6.07, 6.45) is 18.0. The van der Waals surface area contributed by atoms with E-state index in [2.05, 4.69) is 29.0 Å². The largest absolute Gasteiger partial charge is 0.261 e. The van der Waals surface area contributed by atoms with Crippen molar-refractivity contribution in [2.75, 3.05) is 0 Å². The molecule has 1 aromatic rings. The Hall–Kier alpha value is -1.73. The lowest BCUT2D eigenvalue weighted by molar-refractivity contribution is 0.817. The van der Waals surface area contributed by atoms with Crippen LogP contribution >= 0.6 is 0 Å². The number of rotatable bonds is 6. The van der Waals surface area contributed by atoms with E-state index in [1.807, 2.05) is 6.20 Å². The topological polar surface area (TPSA) is 12.9 Å². The summed E-state index contributed by atoms with van der Waals surface area (Å²) in [5.41, 5.74) is 2.38. The number of aryl methyl sites for hydroxylation is 2. The van der Waals surface area contributed by atoms with Gasteiger partial charge in [0.1, 0.15) is 0 Å². The highest BCUT2D eigenvalue weighted by molar-refractivity contribution is 5.14. The lowest BCUT2D eigenvalue weighted by Crippen LogP contribution is -1.92. The Morgan fingerprint density at radius 1 is 1.00 bits per heavy atom. The first-order valence-corrected chi connectivity index (χ1v) is 5.67. The first-order valence-electron chi connectivity index (χ1n) is 5.67. The number of pyridine rings is 1. The Kier molecular flexibility index (Phi) is 5.82. The predicted molar refractivity (Wildman–Crippen MR) is 67.8 cm³/mol. The van der Waals surface area contributed by atoms with Crippen molar-refractivity contribution in [1.29, 1.82) is 0 Å². The second kappa shape index (κ2) is 7.55. The number of nitrogens with zero attached hydrogens (tertiary/aromatic N) is 1. The summed E-state index contributed by atoms with van der Waals surface area (Å²) in [5, 5.41) is 0. The average molecular weight is 211 g/mol. The summed E-state index contributed by atoms with van der Waals surface area (Å²) in [4.78, 5) is 4.41. The van der Waals surface area contributed by atoms with Gasteiger partial charge in [0.25, 0.3) is 0 Å². The van der Waals surface area contributed by atoms with Crippen LogP contribution in [-0.4, -0.2) is 4.98 Å². The van der Waals surface area contributed by atoms with E-state index < -0.39 is 0 Å². The number of aromatic nitrogens is 1. The molecule has 82 valence electrons. The van der Waals surface area contributed by atoms with Gasteiger partial charge < -0.3 is 0 Å². The van der Waals surface area contributed by atoms with E-state index in [9.17, 15) is 0 Å². The monoisotopic (exact) mass is 211 g/mol. The normalized spacial score (nSPS) is 9.38. The number of hydrogen-bond donors (Lipinski definition) is 0. The molecule has 0 aliphatic rings. The molecule has 1 rings (SSSR count). The van der Waals surface area contributed by atoms with Gasteiger partial charge in [-0.1, -0.05) is 6.07 Å². The number of hydrogen-bond acceptors (Lipinski definition) is 1. The summed E-state index contributed by atoms with van der Waals surface area (Å²) in [6, 6.07) is 4.22. The average Bonchev–Trinajstić information content (AvgIpc) is 2.32. The smallest absolute Gasteiger partial charge is 0.0404 e. The lowest BCUT2D eigenvalue weighted by Gasteiger charge is -2.01. The van der Waals surface area contributed by atoms with Crippen LogP contribution in [0, 0.1) is 24.7 Å². The fourth-order valence-electron chi connectivity index (χ4n) is 1.52. The van der Waals surface area contributed by atoms with Gasteiger partial charge in [0.05, 0.1) is 0 Å². The van der Waals surface area contributed by atoms with Crippen LogP contribution in [0.4, 0.5) is 0 Å². The molecule has 1 aromatic heterocycles. The van der Waals surface area contributed by atoms with Crippen LogP contribution in [0.1, 0.15) is 36.9 Å². The van der Waals surface area contributed by atoms with Crippen molar-refractivity contribution in [2.24, 2.45) is 0 Å². The fraction of sp³-hybridized carbons (Fsp3) is 0.400. The summed E-state index contributed by atoms with van der Waals surface area (Å²) in [6.45, 7) is 0. The Balaban J connectivity index is 2.36. The van der Waals surface area contributed by atoms with Gasteiger partial charge in [-0.15, -0.1) is 24.7 Å². The zero-order chi connectivity index (χ0) is 11.6. The standard InChI is InChI=1S/C15H17N/c1-3-5-7-9-14-11-12-15(16-13-14)10-8-6-4-2/h1-2,11-13H,5-10H2. The number of unbranched alkanes of at least 4 members (excludes halogenated alkanes) is 2. The molecule has 0 fully saturated rings. The van der Waals surface area contributed by atoms with Gasteiger partial charge in [-0.05, 0) is 37.3 Å². The molecule has 0 unspecified atom stereocenters. The highest BCUT2D eigenvalue weighted by Gasteiger charge is 1.96. The zero-order valence-electron chi connectivity index (χ0n) is 9.58. The van der Waals surface area contributed by atoms with E-state index >= 15 is 0 Å². The van der Waals surface area contributed by atoms with E-state index in [-0.39, 0.29) is 0 Å². The molecular weight excluding hydrogens is 194 g/mol. The molecule has 0 saturated carbocycles. The molecular formula is C15H17N. The van der Waals surface area contributed by atoms with Gasteiger partial charge in [-0.2, -0.15) is 0 Å². The summed E-state index contributed by atoms with van der Waals surface area (Å²) >= 11 is 0. The second-order valence-corrected chi connectivity index (χ2v) is 3.77. The Bertz CT molecular complexity index is 336. The SMILES string of the molecule is C#CCCCc1ccc(CCCC#C)nc1. The fourth-order valence-corrected chi connectivity index (χ4v) is 1.52. The van der Waals surface area contributed by atoms with Gasteiger partial charge in [-0.3, -0.25) is 4.98 Å². The third kappa shape index (κ3) is 4.67. The predicted octanol–water partition coefficient (Wildman–Crippen LogP) is 2.99. The van der Waals surface area contributed by atoms with Crippen LogP contribution in [0.2, 0.25) is 0 Å². The van der Waals surface area contributed by atoms with Crippen molar-refractivity contribution in [3.8, 4) is 24.7 Å². The Labute approximate surface area is 98.3 Å². The maximum absolute atomic E-state index is 5.20. The van der Waals surface area contributed by atoms with E-state index in [1.165, 1.54) is 5.56 Å². The summed E-state index contributed by atoms with van der Waals surface area (Å²) in [5.74, 6) is 5.28. The van der Waals surface area contributed by atoms with Crippen LogP contribution < -0.4 is 0 Å². The van der Waals surface area contributed by atoms with E-state index in [0.717, 1.165) is 44.2 Å². The van der Waals surface area contributed by atoms with Crippen LogP contribution in [-0.2, 0) is 12.8 Å². The minimum Gasteiger partial charge on any atom is -0.261 e. The molecule has 0 aromatic carbocycles. The molecule has 0 aliphatic carbocycles. The van der Waals surface area contributed by atoms with Crippen molar-refractivity contribution >= 4 is 0 Å². The summed E-state index contributed by atoms with van der Waals surface area (Å²) < 4.78 is 0. The molecule has 0 amide bonds. The Morgan fingerprint density at radius 2 is 1.69 bits per heavy atom.